The molecule has 0 spiro atoms. The van der Waals surface area contributed by atoms with Crippen molar-refractivity contribution < 1.29 is 42.6 Å². The van der Waals surface area contributed by atoms with Crippen molar-refractivity contribution in [1.29, 1.82) is 0 Å². The first kappa shape index (κ1) is 64.8. The fourth-order valence-electron chi connectivity index (χ4n) is 8.98. The van der Waals surface area contributed by atoms with Gasteiger partial charge in [0.2, 0.25) is 0 Å². The standard InChI is InChI=1S/C55H108B2O9/c1-23-30-58-32-28-33-63-55(22,41-56)53(20,26-4)45(37-60-42(6)7)38-64-54(21,27-5)48(11,12)29-34-62-50(15,16)49(13,14)35-47(40-61-43(8)9)66-51(17,18)52(19,25-3)36-46(65-44(10)57)39-59-31-24-2/h23-24,28,32,42-47H,1-2,25-27,29-31,33-41,56-57H2,3-22H3/b32-28-. The lowest BCUT2D eigenvalue weighted by Crippen LogP contribution is -2.54. The van der Waals surface area contributed by atoms with Crippen LogP contribution in [-0.2, 0) is 42.6 Å². The molecule has 388 valence electrons. The molecule has 11 heteroatoms. The molecule has 0 N–H and O–H groups in total. The van der Waals surface area contributed by atoms with Crippen LogP contribution in [-0.4, -0.2) is 121 Å². The van der Waals surface area contributed by atoms with Crippen molar-refractivity contribution in [3.63, 3.8) is 0 Å². The van der Waals surface area contributed by atoms with Crippen LogP contribution in [0.3, 0.4) is 0 Å². The third kappa shape index (κ3) is 19.9. The van der Waals surface area contributed by atoms with Gasteiger partial charge in [0.05, 0.1) is 92.7 Å². The van der Waals surface area contributed by atoms with Gasteiger partial charge in [-0.2, -0.15) is 0 Å². The molecule has 0 radical (unpaired) electrons. The maximum Gasteiger partial charge on any atom is 0.138 e. The van der Waals surface area contributed by atoms with E-state index in [1.54, 1.807) is 18.4 Å². The lowest BCUT2D eigenvalue weighted by Gasteiger charge is -2.52. The Morgan fingerprint density at radius 3 is 1.68 bits per heavy atom. The minimum Gasteiger partial charge on any atom is -0.497 e. The van der Waals surface area contributed by atoms with Gasteiger partial charge in [-0.15, -0.1) is 6.58 Å². The van der Waals surface area contributed by atoms with Crippen molar-refractivity contribution in [2.75, 3.05) is 52.9 Å². The summed E-state index contributed by atoms with van der Waals surface area (Å²) in [6.07, 6.45) is 13.1. The molecular weight excluding hydrogens is 826 g/mol. The summed E-state index contributed by atoms with van der Waals surface area (Å²) in [6, 6.07) is 0.0889. The maximum atomic E-state index is 7.26. The van der Waals surface area contributed by atoms with Gasteiger partial charge in [0.1, 0.15) is 22.3 Å². The van der Waals surface area contributed by atoms with Gasteiger partial charge >= 0.3 is 0 Å². The summed E-state index contributed by atoms with van der Waals surface area (Å²) in [6.45, 7) is 56.4. The van der Waals surface area contributed by atoms with Gasteiger partial charge in [0.15, 0.2) is 0 Å². The monoisotopic (exact) mass is 935 g/mol. The first-order valence-corrected chi connectivity index (χ1v) is 25.9. The summed E-state index contributed by atoms with van der Waals surface area (Å²) in [5.41, 5.74) is -2.70. The predicted molar refractivity (Wildman–Crippen MR) is 284 cm³/mol. The van der Waals surface area contributed by atoms with Crippen molar-refractivity contribution in [1.82, 2.24) is 0 Å². The van der Waals surface area contributed by atoms with E-state index in [0.29, 0.717) is 52.9 Å². The molecule has 0 aliphatic rings. The third-order valence-corrected chi connectivity index (χ3v) is 16.3. The Balaban J connectivity index is 6.37. The van der Waals surface area contributed by atoms with Crippen molar-refractivity contribution in [2.45, 2.75) is 236 Å². The van der Waals surface area contributed by atoms with E-state index in [4.69, 9.17) is 42.6 Å². The molecule has 0 heterocycles. The summed E-state index contributed by atoms with van der Waals surface area (Å²) >= 11 is 0. The third-order valence-electron chi connectivity index (χ3n) is 16.3. The fraction of sp³-hybridized carbons (Fsp3) is 0.891. The first-order valence-electron chi connectivity index (χ1n) is 25.9. The normalized spacial score (nSPS) is 18.9. The Morgan fingerprint density at radius 1 is 0.591 bits per heavy atom. The molecule has 0 bridgehead atoms. The second-order valence-corrected chi connectivity index (χ2v) is 23.1. The summed E-state index contributed by atoms with van der Waals surface area (Å²) in [5.74, 6) is 0.0923. The van der Waals surface area contributed by atoms with Gasteiger partial charge in [0, 0.05) is 23.9 Å². The van der Waals surface area contributed by atoms with Gasteiger partial charge in [-0.1, -0.05) is 87.4 Å². The molecule has 9 nitrogen and oxygen atoms in total. The summed E-state index contributed by atoms with van der Waals surface area (Å²) in [5, 5.41) is 0. The van der Waals surface area contributed by atoms with Crippen LogP contribution in [0.4, 0.5) is 0 Å². The average Bonchev–Trinajstić information content (AvgIpc) is 3.22. The Hall–Kier alpha value is -1.17. The molecule has 0 amide bonds. The first-order chi connectivity index (χ1) is 30.4. The molecule has 8 unspecified atom stereocenters. The Bertz CT molecular complexity index is 1370. The molecule has 0 aromatic carbocycles. The molecular formula is C55H108B2O9. The average molecular weight is 935 g/mol. The lowest BCUT2D eigenvalue weighted by molar-refractivity contribution is -0.199. The summed E-state index contributed by atoms with van der Waals surface area (Å²) in [7, 11) is 4.30. The van der Waals surface area contributed by atoms with Gasteiger partial charge in [-0.3, -0.25) is 0 Å². The van der Waals surface area contributed by atoms with Crippen LogP contribution in [0.25, 0.3) is 0 Å². The zero-order valence-electron chi connectivity index (χ0n) is 47.5. The lowest BCUT2D eigenvalue weighted by atomic mass is 9.60. The number of ether oxygens (including phenoxy) is 9. The molecule has 0 saturated heterocycles. The largest absolute Gasteiger partial charge is 0.497 e. The van der Waals surface area contributed by atoms with Crippen LogP contribution in [0.2, 0.25) is 6.32 Å². The van der Waals surface area contributed by atoms with Crippen molar-refractivity contribution in [3.8, 4) is 0 Å². The second kappa shape index (κ2) is 29.2. The van der Waals surface area contributed by atoms with Crippen LogP contribution in [0, 0.1) is 27.6 Å². The smallest absolute Gasteiger partial charge is 0.138 e. The van der Waals surface area contributed by atoms with Crippen molar-refractivity contribution >= 4 is 15.7 Å². The van der Waals surface area contributed by atoms with Crippen LogP contribution >= 0.6 is 0 Å². The Morgan fingerprint density at radius 2 is 1.18 bits per heavy atom. The van der Waals surface area contributed by atoms with E-state index in [9.17, 15) is 0 Å². The minimum absolute atomic E-state index is 0.0639. The predicted octanol–water partition coefficient (Wildman–Crippen LogP) is 11.8. The molecule has 0 saturated carbocycles. The zero-order valence-corrected chi connectivity index (χ0v) is 47.5. The SMILES string of the molecule is BCC(C)(OC/C=C\OCC=C)C(C)(CC)C(COC(C)C)COC(C)(CC)C(C)(C)CCOC(C)(C)C(C)(C)CC(COC(C)C)OC(C)(C)C(C)(CC)CC(COCC=C)OC(B)C. The van der Waals surface area contributed by atoms with E-state index in [1.165, 1.54) is 0 Å². The zero-order chi connectivity index (χ0) is 51.3. The fourth-order valence-corrected chi connectivity index (χ4v) is 8.98. The van der Waals surface area contributed by atoms with Crippen molar-refractivity contribution in [3.05, 3.63) is 37.6 Å². The van der Waals surface area contributed by atoms with E-state index in [2.05, 4.69) is 167 Å². The Kier molecular flexibility index (Phi) is 28.7. The van der Waals surface area contributed by atoms with E-state index >= 15 is 0 Å². The van der Waals surface area contributed by atoms with Crippen LogP contribution in [0.5, 0.6) is 0 Å². The highest BCUT2D eigenvalue weighted by atomic mass is 16.6. The highest BCUT2D eigenvalue weighted by Crippen LogP contribution is 2.49. The highest BCUT2D eigenvalue weighted by Gasteiger charge is 2.51. The van der Waals surface area contributed by atoms with E-state index in [-0.39, 0.29) is 58.0 Å². The second-order valence-electron chi connectivity index (χ2n) is 23.1. The molecule has 0 aromatic rings. The molecule has 66 heavy (non-hydrogen) atoms. The van der Waals surface area contributed by atoms with Gasteiger partial charge in [-0.25, -0.2) is 0 Å². The molecule has 0 rings (SSSR count). The van der Waals surface area contributed by atoms with Gasteiger partial charge in [0.25, 0.3) is 0 Å². The summed E-state index contributed by atoms with van der Waals surface area (Å²) < 4.78 is 58.7. The summed E-state index contributed by atoms with van der Waals surface area (Å²) in [4.78, 5) is 0. The maximum absolute atomic E-state index is 7.26. The van der Waals surface area contributed by atoms with E-state index in [1.807, 2.05) is 6.08 Å². The number of hydrogen-bond donors (Lipinski definition) is 0. The van der Waals surface area contributed by atoms with E-state index < -0.39 is 22.4 Å². The van der Waals surface area contributed by atoms with Crippen LogP contribution in [0.15, 0.2) is 37.6 Å². The molecule has 0 aliphatic heterocycles. The number of rotatable bonds is 40. The quantitative estimate of drug-likeness (QED) is 0.0258. The Labute approximate surface area is 411 Å². The number of hydrogen-bond acceptors (Lipinski definition) is 9. The molecule has 0 fully saturated rings. The minimum atomic E-state index is -0.492. The van der Waals surface area contributed by atoms with E-state index in [0.717, 1.165) is 44.8 Å². The topological polar surface area (TPSA) is 83.1 Å². The molecule has 0 aromatic heterocycles. The van der Waals surface area contributed by atoms with Gasteiger partial charge < -0.3 is 42.6 Å². The molecule has 8 atom stereocenters. The van der Waals surface area contributed by atoms with Crippen LogP contribution < -0.4 is 0 Å². The molecule has 0 aliphatic carbocycles. The highest BCUT2D eigenvalue weighted by molar-refractivity contribution is 6.10. The van der Waals surface area contributed by atoms with Crippen LogP contribution in [0.1, 0.15) is 177 Å². The van der Waals surface area contributed by atoms with Gasteiger partial charge in [-0.05, 0) is 137 Å². The van der Waals surface area contributed by atoms with Crippen molar-refractivity contribution in [2.24, 2.45) is 27.6 Å².